The first-order valence-electron chi connectivity index (χ1n) is 12.5. The predicted molar refractivity (Wildman–Crippen MR) is 144 cm³/mol. The van der Waals surface area contributed by atoms with Crippen molar-refractivity contribution in [1.82, 2.24) is 20.4 Å². The van der Waals surface area contributed by atoms with Crippen molar-refractivity contribution in [1.29, 1.82) is 0 Å². The van der Waals surface area contributed by atoms with Crippen LogP contribution in [0.4, 0.5) is 16.2 Å². The van der Waals surface area contributed by atoms with Crippen molar-refractivity contribution in [3.05, 3.63) is 60.4 Å². The summed E-state index contributed by atoms with van der Waals surface area (Å²) in [5.41, 5.74) is 1.38. The van der Waals surface area contributed by atoms with Gasteiger partial charge < -0.3 is 10.1 Å². The topological polar surface area (TPSA) is 110 Å². The number of hydrogen-bond donors (Lipinski definition) is 1. The summed E-state index contributed by atoms with van der Waals surface area (Å²) in [5.74, 6) is 0.890. The maximum absolute atomic E-state index is 12.8. The van der Waals surface area contributed by atoms with Crippen LogP contribution in [0.3, 0.4) is 0 Å². The van der Waals surface area contributed by atoms with Gasteiger partial charge in [0.15, 0.2) is 5.82 Å². The van der Waals surface area contributed by atoms with Crippen LogP contribution in [0.5, 0.6) is 0 Å². The van der Waals surface area contributed by atoms with Gasteiger partial charge in [0.25, 0.3) is 0 Å². The zero-order valence-electron chi connectivity index (χ0n) is 22.5. The van der Waals surface area contributed by atoms with E-state index in [-0.39, 0.29) is 12.0 Å². The molecule has 2 amide bonds. The van der Waals surface area contributed by atoms with Crippen LogP contribution in [-0.4, -0.2) is 44.5 Å². The molecule has 1 N–H and O–H groups in total. The number of aryl methyl sites for hydroxylation is 1. The molecule has 9 nitrogen and oxygen atoms in total. The van der Waals surface area contributed by atoms with Gasteiger partial charge in [-0.2, -0.15) is 0 Å². The van der Waals surface area contributed by atoms with Crippen LogP contribution in [0.15, 0.2) is 54.6 Å². The Morgan fingerprint density at radius 1 is 0.838 bits per heavy atom. The molecule has 0 aliphatic rings. The third kappa shape index (κ3) is 8.06. The van der Waals surface area contributed by atoms with E-state index < -0.39 is 11.0 Å². The average Bonchev–Trinajstić information content (AvgIpc) is 2.84. The molecule has 1 aromatic heterocycles. The summed E-state index contributed by atoms with van der Waals surface area (Å²) in [7, 11) is 0. The number of anilines is 2. The molecular formula is C28H36N6O3. The smallest absolute Gasteiger partial charge is 0.414 e. The number of ether oxygens (including phenoxy) is 1. The Morgan fingerprint density at radius 2 is 1.46 bits per heavy atom. The summed E-state index contributed by atoms with van der Waals surface area (Å²) in [6.45, 7) is 11.8. The lowest BCUT2D eigenvalue weighted by atomic mass is 9.95. The number of nitrogens with zero attached hydrogens (tertiary/aromatic N) is 5. The molecule has 1 heterocycles. The molecule has 0 aliphatic heterocycles. The van der Waals surface area contributed by atoms with Gasteiger partial charge in [0.1, 0.15) is 0 Å². The van der Waals surface area contributed by atoms with Crippen molar-refractivity contribution in [2.45, 2.75) is 66.3 Å². The van der Waals surface area contributed by atoms with Gasteiger partial charge in [0, 0.05) is 34.3 Å². The van der Waals surface area contributed by atoms with Crippen molar-refractivity contribution in [2.24, 2.45) is 5.41 Å². The van der Waals surface area contributed by atoms with Gasteiger partial charge in [0.2, 0.25) is 11.7 Å². The summed E-state index contributed by atoms with van der Waals surface area (Å²) in [4.78, 5) is 26.5. The Balaban J connectivity index is 1.46. The first-order chi connectivity index (χ1) is 17.4. The fourth-order valence-corrected chi connectivity index (χ4v) is 3.44. The molecule has 0 fully saturated rings. The van der Waals surface area contributed by atoms with E-state index in [4.69, 9.17) is 4.74 Å². The molecule has 0 aliphatic carbocycles. The summed E-state index contributed by atoms with van der Waals surface area (Å²) in [6.07, 6.45) is 1.62. The number of carbonyl (C=O) groups excluding carboxylic acids is 2. The van der Waals surface area contributed by atoms with Crippen LogP contribution in [0, 0.1) is 5.41 Å². The highest BCUT2D eigenvalue weighted by Crippen LogP contribution is 2.25. The summed E-state index contributed by atoms with van der Waals surface area (Å²) in [6, 6.07) is 16.8. The summed E-state index contributed by atoms with van der Waals surface area (Å²) in [5, 5.41) is 19.6. The second kappa shape index (κ2) is 11.9. The standard InChI is InChI=1S/C28H36N6O3/c1-27(2,3)25(35)29-21-17-15-20(16-18-21)24-32-30-23(31-33-24)14-10-11-19-37-26(36)34(28(4,5)6)22-12-8-7-9-13-22/h7-9,12-13,15-18H,10-11,14,19H2,1-6H3,(H,29,35). The van der Waals surface area contributed by atoms with Crippen molar-refractivity contribution in [3.8, 4) is 11.4 Å². The monoisotopic (exact) mass is 504 g/mol. The lowest BCUT2D eigenvalue weighted by Crippen LogP contribution is -2.46. The number of para-hydroxylation sites is 1. The molecule has 0 bridgehead atoms. The highest BCUT2D eigenvalue weighted by atomic mass is 16.6. The van der Waals surface area contributed by atoms with Crippen molar-refractivity contribution >= 4 is 23.4 Å². The molecule has 0 radical (unpaired) electrons. The number of carbonyl (C=O) groups is 2. The molecular weight excluding hydrogens is 468 g/mol. The highest BCUT2D eigenvalue weighted by Gasteiger charge is 2.29. The van der Waals surface area contributed by atoms with Gasteiger partial charge in [-0.25, -0.2) is 4.79 Å². The molecule has 0 atom stereocenters. The van der Waals surface area contributed by atoms with E-state index in [2.05, 4.69) is 25.7 Å². The van der Waals surface area contributed by atoms with E-state index in [1.807, 2.05) is 84.0 Å². The van der Waals surface area contributed by atoms with Gasteiger partial charge in [0.05, 0.1) is 6.61 Å². The lowest BCUT2D eigenvalue weighted by Gasteiger charge is -2.34. The molecule has 3 aromatic rings. The van der Waals surface area contributed by atoms with E-state index >= 15 is 0 Å². The summed E-state index contributed by atoms with van der Waals surface area (Å²) < 4.78 is 5.54. The highest BCUT2D eigenvalue weighted by molar-refractivity contribution is 5.94. The quantitative estimate of drug-likeness (QED) is 0.393. The molecule has 0 unspecified atom stereocenters. The van der Waals surface area contributed by atoms with E-state index in [1.54, 1.807) is 17.0 Å². The number of amides is 2. The van der Waals surface area contributed by atoms with Crippen molar-refractivity contribution in [3.63, 3.8) is 0 Å². The van der Waals surface area contributed by atoms with E-state index in [0.29, 0.717) is 36.8 Å². The van der Waals surface area contributed by atoms with Gasteiger partial charge in [-0.05, 0) is 70.0 Å². The Hall–Kier alpha value is -3.88. The van der Waals surface area contributed by atoms with E-state index in [1.165, 1.54) is 0 Å². The zero-order valence-corrected chi connectivity index (χ0v) is 22.5. The minimum absolute atomic E-state index is 0.0540. The Morgan fingerprint density at radius 3 is 2.03 bits per heavy atom. The Bertz CT molecular complexity index is 1170. The number of nitrogens with one attached hydrogen (secondary N) is 1. The molecule has 2 aromatic carbocycles. The number of benzene rings is 2. The maximum Gasteiger partial charge on any atom is 0.414 e. The van der Waals surface area contributed by atoms with Crippen LogP contribution >= 0.6 is 0 Å². The van der Waals surface area contributed by atoms with Gasteiger partial charge >= 0.3 is 6.09 Å². The van der Waals surface area contributed by atoms with Gasteiger partial charge in [-0.3, -0.25) is 9.69 Å². The van der Waals surface area contributed by atoms with Crippen molar-refractivity contribution in [2.75, 3.05) is 16.8 Å². The first kappa shape index (κ1) is 27.7. The molecule has 3 rings (SSSR count). The SMILES string of the molecule is CC(C)(C)C(=O)Nc1ccc(-c2nnc(CCCCOC(=O)N(c3ccccc3)C(C)(C)C)nn2)cc1. The fourth-order valence-electron chi connectivity index (χ4n) is 3.44. The Kier molecular flexibility index (Phi) is 8.91. The second-order valence-corrected chi connectivity index (χ2v) is 10.8. The van der Waals surface area contributed by atoms with Crippen LogP contribution in [0.25, 0.3) is 11.4 Å². The first-order valence-corrected chi connectivity index (χ1v) is 12.5. The predicted octanol–water partition coefficient (Wildman–Crippen LogP) is 5.68. The van der Waals surface area contributed by atoms with Crippen molar-refractivity contribution < 1.29 is 14.3 Å². The van der Waals surface area contributed by atoms with Crippen LogP contribution in [-0.2, 0) is 16.0 Å². The van der Waals surface area contributed by atoms with Gasteiger partial charge in [-0.1, -0.05) is 39.0 Å². The minimum Gasteiger partial charge on any atom is -0.449 e. The number of rotatable bonds is 8. The molecule has 37 heavy (non-hydrogen) atoms. The maximum atomic E-state index is 12.8. The molecule has 0 saturated carbocycles. The number of hydrogen-bond acceptors (Lipinski definition) is 7. The third-order valence-corrected chi connectivity index (χ3v) is 5.49. The fraction of sp³-hybridized carbons (Fsp3) is 0.429. The summed E-state index contributed by atoms with van der Waals surface area (Å²) >= 11 is 0. The molecule has 9 heteroatoms. The van der Waals surface area contributed by atoms with Crippen LogP contribution in [0.2, 0.25) is 0 Å². The minimum atomic E-state index is -0.470. The Labute approximate surface area is 218 Å². The van der Waals surface area contributed by atoms with Crippen LogP contribution < -0.4 is 10.2 Å². The van der Waals surface area contributed by atoms with Crippen LogP contribution in [0.1, 0.15) is 60.2 Å². The van der Waals surface area contributed by atoms with E-state index in [9.17, 15) is 9.59 Å². The molecule has 0 saturated heterocycles. The number of unbranched alkanes of at least 4 members (excludes halogenated alkanes) is 1. The van der Waals surface area contributed by atoms with Gasteiger partial charge in [-0.15, -0.1) is 20.4 Å². The largest absolute Gasteiger partial charge is 0.449 e. The molecule has 196 valence electrons. The van der Waals surface area contributed by atoms with E-state index in [0.717, 1.165) is 17.7 Å². The molecule has 0 spiro atoms. The lowest BCUT2D eigenvalue weighted by molar-refractivity contribution is -0.123. The number of aromatic nitrogens is 4. The second-order valence-electron chi connectivity index (χ2n) is 10.8. The normalized spacial score (nSPS) is 11.6. The zero-order chi connectivity index (χ0) is 27.1. The average molecular weight is 505 g/mol. The third-order valence-electron chi connectivity index (χ3n) is 5.49.